The first kappa shape index (κ1) is 19.8. The van der Waals surface area contributed by atoms with Gasteiger partial charge in [-0.1, -0.05) is 23.2 Å². The second-order valence-electron chi connectivity index (χ2n) is 7.20. The number of nitrogens with zero attached hydrogens (tertiary/aromatic N) is 4. The zero-order valence-corrected chi connectivity index (χ0v) is 17.5. The van der Waals surface area contributed by atoms with Gasteiger partial charge in [0.1, 0.15) is 17.8 Å². The van der Waals surface area contributed by atoms with Gasteiger partial charge in [-0.25, -0.2) is 9.97 Å². The van der Waals surface area contributed by atoms with Crippen molar-refractivity contribution in [3.8, 4) is 0 Å². The van der Waals surface area contributed by atoms with Gasteiger partial charge >= 0.3 is 0 Å². The molecule has 29 heavy (non-hydrogen) atoms. The zero-order chi connectivity index (χ0) is 20.4. The molecule has 0 radical (unpaired) electrons. The van der Waals surface area contributed by atoms with Crippen LogP contribution in [0.1, 0.15) is 12.8 Å². The Morgan fingerprint density at radius 1 is 1.31 bits per heavy atom. The highest BCUT2D eigenvalue weighted by Crippen LogP contribution is 2.26. The molecule has 1 amide bonds. The molecule has 1 saturated heterocycles. The number of carbonyl (C=O) groups excluding carboxylic acids is 1. The van der Waals surface area contributed by atoms with E-state index in [1.165, 1.54) is 0 Å². The topological polar surface area (TPSA) is 77.2 Å². The highest BCUT2D eigenvalue weighted by atomic mass is 35.5. The maximum Gasteiger partial charge on any atom is 0.241 e. The van der Waals surface area contributed by atoms with Crippen molar-refractivity contribution in [3.05, 3.63) is 46.8 Å². The number of hydrogen-bond acceptors (Lipinski definition) is 5. The van der Waals surface area contributed by atoms with E-state index in [1.54, 1.807) is 24.5 Å². The third kappa shape index (κ3) is 4.41. The summed E-state index contributed by atoms with van der Waals surface area (Å²) in [6, 6.07) is 7.35. The Morgan fingerprint density at radius 2 is 2.10 bits per heavy atom. The number of halogens is 2. The lowest BCUT2D eigenvalue weighted by Crippen LogP contribution is -2.50. The summed E-state index contributed by atoms with van der Waals surface area (Å²) in [5.74, 6) is 0.927. The lowest BCUT2D eigenvalue weighted by molar-refractivity contribution is -0.130. The number of H-pyrrole nitrogens is 1. The number of aromatic amines is 1. The maximum atomic E-state index is 12.8. The number of likely N-dealkylation sites (tertiary alicyclic amines) is 1. The third-order valence-corrected chi connectivity index (χ3v) is 5.71. The average molecular weight is 433 g/mol. The van der Waals surface area contributed by atoms with E-state index in [-0.39, 0.29) is 18.5 Å². The second-order valence-corrected chi connectivity index (χ2v) is 8.07. The van der Waals surface area contributed by atoms with Crippen LogP contribution in [0.15, 0.2) is 36.8 Å². The van der Waals surface area contributed by atoms with Crippen molar-refractivity contribution in [3.63, 3.8) is 0 Å². The molecule has 1 aromatic carbocycles. The molecule has 0 saturated carbocycles. The summed E-state index contributed by atoms with van der Waals surface area (Å²) in [6.07, 6.45) is 5.39. The molecule has 4 rings (SSSR count). The van der Waals surface area contributed by atoms with Crippen LogP contribution in [0.3, 0.4) is 0 Å². The van der Waals surface area contributed by atoms with Gasteiger partial charge in [0, 0.05) is 48.1 Å². The molecule has 0 aliphatic carbocycles. The van der Waals surface area contributed by atoms with Gasteiger partial charge in [0.25, 0.3) is 0 Å². The molecule has 0 bridgehead atoms. The summed E-state index contributed by atoms with van der Waals surface area (Å²) in [7, 11) is 2.03. The Morgan fingerprint density at radius 3 is 2.90 bits per heavy atom. The maximum absolute atomic E-state index is 12.8. The molecule has 9 heteroatoms. The van der Waals surface area contributed by atoms with Crippen molar-refractivity contribution in [2.45, 2.75) is 18.9 Å². The van der Waals surface area contributed by atoms with Gasteiger partial charge < -0.3 is 20.1 Å². The number of anilines is 2. The molecular weight excluding hydrogens is 411 g/mol. The van der Waals surface area contributed by atoms with Crippen molar-refractivity contribution in [2.75, 3.05) is 36.9 Å². The van der Waals surface area contributed by atoms with E-state index in [4.69, 9.17) is 23.2 Å². The first-order valence-corrected chi connectivity index (χ1v) is 10.3. The van der Waals surface area contributed by atoms with Crippen LogP contribution >= 0.6 is 23.2 Å². The molecular formula is C20H22Cl2N6O. The molecule has 1 atom stereocenters. The molecule has 2 aromatic heterocycles. The van der Waals surface area contributed by atoms with Gasteiger partial charge in [-0.15, -0.1) is 0 Å². The van der Waals surface area contributed by atoms with Crippen molar-refractivity contribution in [1.82, 2.24) is 19.9 Å². The quantitative estimate of drug-likeness (QED) is 0.640. The Kier molecular flexibility index (Phi) is 5.78. The summed E-state index contributed by atoms with van der Waals surface area (Å²) < 4.78 is 0. The Balaban J connectivity index is 1.41. The lowest BCUT2D eigenvalue weighted by atomic mass is 10.0. The van der Waals surface area contributed by atoms with E-state index >= 15 is 0 Å². The number of hydrogen-bond donors (Lipinski definition) is 2. The summed E-state index contributed by atoms with van der Waals surface area (Å²) >= 11 is 12.0. The van der Waals surface area contributed by atoms with Crippen LogP contribution in [-0.2, 0) is 4.79 Å². The highest BCUT2D eigenvalue weighted by molar-refractivity contribution is 6.35. The van der Waals surface area contributed by atoms with E-state index < -0.39 is 0 Å². The summed E-state index contributed by atoms with van der Waals surface area (Å²) in [4.78, 5) is 28.7. The van der Waals surface area contributed by atoms with Crippen LogP contribution in [0, 0.1) is 0 Å². The van der Waals surface area contributed by atoms with Crippen LogP contribution in [0.5, 0.6) is 0 Å². The normalized spacial score (nSPS) is 16.8. The fraction of sp³-hybridized carbons (Fsp3) is 0.350. The fourth-order valence-corrected chi connectivity index (χ4v) is 4.28. The Labute approximate surface area is 179 Å². The number of carbonyl (C=O) groups is 1. The molecule has 3 heterocycles. The van der Waals surface area contributed by atoms with Crippen LogP contribution in [0.2, 0.25) is 10.0 Å². The molecule has 152 valence electrons. The summed E-state index contributed by atoms with van der Waals surface area (Å²) in [6.45, 7) is 1.61. The number of aromatic nitrogens is 3. The first-order chi connectivity index (χ1) is 14.0. The molecule has 1 unspecified atom stereocenters. The van der Waals surface area contributed by atoms with Crippen molar-refractivity contribution < 1.29 is 4.79 Å². The van der Waals surface area contributed by atoms with Crippen LogP contribution in [0.4, 0.5) is 11.5 Å². The van der Waals surface area contributed by atoms with Gasteiger partial charge in [-0.3, -0.25) is 4.79 Å². The zero-order valence-electron chi connectivity index (χ0n) is 16.0. The van der Waals surface area contributed by atoms with Gasteiger partial charge in [-0.2, -0.15) is 0 Å². The van der Waals surface area contributed by atoms with Crippen LogP contribution in [0.25, 0.3) is 11.0 Å². The standard InChI is InChI=1S/C20H22Cl2N6O/c1-27(20-17-4-5-23-19(17)25-12-26-20)16-3-2-6-28(11-16)18(29)10-24-15-8-13(21)7-14(22)9-15/h4-5,7-9,12,16,24H,2-3,6,10-11H2,1H3,(H,23,25,26). The number of amides is 1. The molecule has 0 spiro atoms. The smallest absolute Gasteiger partial charge is 0.241 e. The fourth-order valence-electron chi connectivity index (χ4n) is 3.76. The van der Waals surface area contributed by atoms with E-state index in [9.17, 15) is 4.79 Å². The van der Waals surface area contributed by atoms with E-state index in [0.29, 0.717) is 16.6 Å². The van der Waals surface area contributed by atoms with Gasteiger partial charge in [0.05, 0.1) is 11.9 Å². The van der Waals surface area contributed by atoms with Crippen LogP contribution < -0.4 is 10.2 Å². The molecule has 2 N–H and O–H groups in total. The Hall–Kier alpha value is -2.51. The SMILES string of the molecule is CN(c1ncnc2[nH]ccc12)C1CCCN(C(=O)CNc2cc(Cl)cc(Cl)c2)C1. The minimum Gasteiger partial charge on any atom is -0.376 e. The Bertz CT molecular complexity index is 1000. The van der Waals surface area contributed by atoms with Crippen LogP contribution in [-0.4, -0.2) is 58.5 Å². The summed E-state index contributed by atoms with van der Waals surface area (Å²) in [5, 5.41) is 5.18. The first-order valence-electron chi connectivity index (χ1n) is 9.50. The number of rotatable bonds is 5. The summed E-state index contributed by atoms with van der Waals surface area (Å²) in [5.41, 5.74) is 1.55. The number of nitrogens with one attached hydrogen (secondary N) is 2. The number of likely N-dealkylation sites (N-methyl/N-ethyl adjacent to an activating group) is 1. The third-order valence-electron chi connectivity index (χ3n) is 5.27. The molecule has 1 aliphatic heterocycles. The average Bonchev–Trinajstić information content (AvgIpc) is 3.20. The van der Waals surface area contributed by atoms with Crippen molar-refractivity contribution in [2.24, 2.45) is 0 Å². The van der Waals surface area contributed by atoms with Gasteiger partial charge in [0.15, 0.2) is 0 Å². The van der Waals surface area contributed by atoms with Crippen molar-refractivity contribution in [1.29, 1.82) is 0 Å². The van der Waals surface area contributed by atoms with E-state index in [0.717, 1.165) is 41.9 Å². The number of fused-ring (bicyclic) bond motifs is 1. The minimum absolute atomic E-state index is 0.0497. The van der Waals surface area contributed by atoms with E-state index in [1.807, 2.05) is 24.2 Å². The molecule has 3 aromatic rings. The van der Waals surface area contributed by atoms with E-state index in [2.05, 4.69) is 25.2 Å². The largest absolute Gasteiger partial charge is 0.376 e. The second kappa shape index (κ2) is 8.47. The minimum atomic E-state index is 0.0497. The molecule has 7 nitrogen and oxygen atoms in total. The predicted molar refractivity (Wildman–Crippen MR) is 117 cm³/mol. The molecule has 1 aliphatic rings. The lowest BCUT2D eigenvalue weighted by Gasteiger charge is -2.38. The van der Waals surface area contributed by atoms with Gasteiger partial charge in [-0.05, 0) is 37.1 Å². The number of benzene rings is 1. The predicted octanol–water partition coefficient (Wildman–Crippen LogP) is 3.80. The van der Waals surface area contributed by atoms with Gasteiger partial charge in [0.2, 0.25) is 5.91 Å². The monoisotopic (exact) mass is 432 g/mol. The molecule has 1 fully saturated rings. The highest BCUT2D eigenvalue weighted by Gasteiger charge is 2.27. The number of piperidine rings is 1. The van der Waals surface area contributed by atoms with Crippen molar-refractivity contribution >= 4 is 51.6 Å².